The maximum Gasteiger partial charge on any atom is 0.342 e. The number of carbonyl (C=O) groups is 2. The summed E-state index contributed by atoms with van der Waals surface area (Å²) in [5.41, 5.74) is 1.40. The number of hydrogen-bond acceptors (Lipinski definition) is 6. The SMILES string of the molecule is Cc1c(C(=O)OCC(=O)Nc2ccc(Oc3ccccc3)cc2)cnn1-c1ccccn1. The molecule has 2 aromatic heterocycles. The molecule has 2 heterocycles. The molecule has 8 heteroatoms. The van der Waals surface area contributed by atoms with Gasteiger partial charge in [-0.15, -0.1) is 0 Å². The van der Waals surface area contributed by atoms with Gasteiger partial charge in [-0.3, -0.25) is 4.79 Å². The number of nitrogens with zero attached hydrogens (tertiary/aromatic N) is 3. The van der Waals surface area contributed by atoms with Gasteiger partial charge in [-0.25, -0.2) is 14.5 Å². The van der Waals surface area contributed by atoms with E-state index in [1.165, 1.54) is 10.9 Å². The Morgan fingerprint density at radius 1 is 0.938 bits per heavy atom. The van der Waals surface area contributed by atoms with Gasteiger partial charge in [-0.2, -0.15) is 5.10 Å². The minimum atomic E-state index is -0.633. The maximum atomic E-state index is 12.4. The third kappa shape index (κ3) is 4.99. The summed E-state index contributed by atoms with van der Waals surface area (Å²) in [4.78, 5) is 28.8. The molecule has 4 rings (SSSR count). The minimum absolute atomic E-state index is 0.269. The van der Waals surface area contributed by atoms with E-state index < -0.39 is 18.5 Å². The lowest BCUT2D eigenvalue weighted by Gasteiger charge is -2.09. The summed E-state index contributed by atoms with van der Waals surface area (Å²) >= 11 is 0. The molecule has 0 radical (unpaired) electrons. The Labute approximate surface area is 184 Å². The summed E-state index contributed by atoms with van der Waals surface area (Å²) in [5, 5.41) is 6.86. The number of carbonyl (C=O) groups excluding carboxylic acids is 2. The molecule has 1 N–H and O–H groups in total. The number of aromatic nitrogens is 3. The van der Waals surface area contributed by atoms with Crippen LogP contribution in [0.4, 0.5) is 5.69 Å². The molecule has 0 aliphatic heterocycles. The highest BCUT2D eigenvalue weighted by Crippen LogP contribution is 2.22. The number of ether oxygens (including phenoxy) is 2. The fourth-order valence-electron chi connectivity index (χ4n) is 2.96. The molecule has 2 aromatic carbocycles. The van der Waals surface area contributed by atoms with Crippen molar-refractivity contribution >= 4 is 17.6 Å². The average Bonchev–Trinajstić information content (AvgIpc) is 3.21. The third-order valence-corrected chi connectivity index (χ3v) is 4.55. The molecule has 0 atom stereocenters. The van der Waals surface area contributed by atoms with Gasteiger partial charge in [-0.1, -0.05) is 24.3 Å². The van der Waals surface area contributed by atoms with Crippen LogP contribution in [0.15, 0.2) is 85.2 Å². The van der Waals surface area contributed by atoms with Crippen LogP contribution in [0.25, 0.3) is 5.82 Å². The maximum absolute atomic E-state index is 12.4. The lowest BCUT2D eigenvalue weighted by Crippen LogP contribution is -2.21. The first-order chi connectivity index (χ1) is 15.6. The molecule has 0 aliphatic carbocycles. The summed E-state index contributed by atoms with van der Waals surface area (Å²) in [7, 11) is 0. The topological polar surface area (TPSA) is 95.3 Å². The normalized spacial score (nSPS) is 10.4. The molecule has 32 heavy (non-hydrogen) atoms. The Morgan fingerprint density at radius 3 is 2.38 bits per heavy atom. The quantitative estimate of drug-likeness (QED) is 0.444. The number of benzene rings is 2. The van der Waals surface area contributed by atoms with E-state index in [-0.39, 0.29) is 5.56 Å². The van der Waals surface area contributed by atoms with Crippen LogP contribution in [0.1, 0.15) is 16.1 Å². The summed E-state index contributed by atoms with van der Waals surface area (Å²) in [6.45, 7) is 1.31. The number of anilines is 1. The van der Waals surface area contributed by atoms with Crippen LogP contribution in [-0.4, -0.2) is 33.2 Å². The summed E-state index contributed by atoms with van der Waals surface area (Å²) < 4.78 is 12.4. The van der Waals surface area contributed by atoms with Gasteiger partial charge in [0.25, 0.3) is 5.91 Å². The molecule has 1 amide bonds. The van der Waals surface area contributed by atoms with Gasteiger partial charge in [0.1, 0.15) is 17.1 Å². The molecular weight excluding hydrogens is 408 g/mol. The Bertz CT molecular complexity index is 1210. The van der Waals surface area contributed by atoms with E-state index in [0.29, 0.717) is 22.9 Å². The van der Waals surface area contributed by atoms with E-state index >= 15 is 0 Å². The Hall–Kier alpha value is -4.46. The van der Waals surface area contributed by atoms with Crippen LogP contribution in [0.2, 0.25) is 0 Å². The fourth-order valence-corrected chi connectivity index (χ4v) is 2.96. The average molecular weight is 428 g/mol. The first-order valence-electron chi connectivity index (χ1n) is 9.86. The highest BCUT2D eigenvalue weighted by molar-refractivity contribution is 5.95. The smallest absolute Gasteiger partial charge is 0.342 e. The Balaban J connectivity index is 1.30. The van der Waals surface area contributed by atoms with E-state index in [2.05, 4.69) is 15.4 Å². The van der Waals surface area contributed by atoms with Crippen LogP contribution in [0.5, 0.6) is 11.5 Å². The van der Waals surface area contributed by atoms with E-state index in [0.717, 1.165) is 5.75 Å². The number of esters is 1. The lowest BCUT2D eigenvalue weighted by molar-refractivity contribution is -0.119. The summed E-state index contributed by atoms with van der Waals surface area (Å²) in [6.07, 6.45) is 3.04. The van der Waals surface area contributed by atoms with Gasteiger partial charge in [0.15, 0.2) is 12.4 Å². The predicted octanol–water partition coefficient (Wildman–Crippen LogP) is 4.16. The van der Waals surface area contributed by atoms with Crippen LogP contribution in [0.3, 0.4) is 0 Å². The van der Waals surface area contributed by atoms with E-state index in [1.807, 2.05) is 36.4 Å². The van der Waals surface area contributed by atoms with Gasteiger partial charge in [0, 0.05) is 11.9 Å². The summed E-state index contributed by atoms with van der Waals surface area (Å²) in [5.74, 6) is 0.858. The monoisotopic (exact) mass is 428 g/mol. The summed E-state index contributed by atoms with van der Waals surface area (Å²) in [6, 6.07) is 21.7. The predicted molar refractivity (Wildman–Crippen MR) is 118 cm³/mol. The van der Waals surface area contributed by atoms with Crippen molar-refractivity contribution in [3.63, 3.8) is 0 Å². The molecule has 8 nitrogen and oxygen atoms in total. The molecular formula is C24H20N4O4. The molecule has 0 saturated carbocycles. The van der Waals surface area contributed by atoms with E-state index in [1.54, 1.807) is 49.5 Å². The number of para-hydroxylation sites is 1. The fraction of sp³-hybridized carbons (Fsp3) is 0.0833. The second-order valence-electron chi connectivity index (χ2n) is 6.81. The van der Waals surface area contributed by atoms with Crippen molar-refractivity contribution in [2.45, 2.75) is 6.92 Å². The zero-order valence-corrected chi connectivity index (χ0v) is 17.3. The number of nitrogens with one attached hydrogen (secondary N) is 1. The third-order valence-electron chi connectivity index (χ3n) is 4.55. The van der Waals surface area contributed by atoms with Crippen molar-refractivity contribution in [3.05, 3.63) is 96.4 Å². The molecule has 0 saturated heterocycles. The van der Waals surface area contributed by atoms with Crippen molar-refractivity contribution in [3.8, 4) is 17.3 Å². The van der Waals surface area contributed by atoms with Crippen molar-refractivity contribution < 1.29 is 19.1 Å². The Morgan fingerprint density at radius 2 is 1.66 bits per heavy atom. The van der Waals surface area contributed by atoms with Crippen LogP contribution in [-0.2, 0) is 9.53 Å². The van der Waals surface area contributed by atoms with Crippen molar-refractivity contribution in [1.29, 1.82) is 0 Å². The van der Waals surface area contributed by atoms with Crippen LogP contribution >= 0.6 is 0 Å². The van der Waals surface area contributed by atoms with Crippen molar-refractivity contribution in [2.75, 3.05) is 11.9 Å². The standard InChI is InChI=1S/C24H20N4O4/c1-17-21(15-26-28(17)22-9-5-6-14-25-22)24(30)31-16-23(29)27-18-10-12-20(13-11-18)32-19-7-3-2-4-8-19/h2-15H,16H2,1H3,(H,27,29). The largest absolute Gasteiger partial charge is 0.457 e. The van der Waals surface area contributed by atoms with Gasteiger partial charge in [0.2, 0.25) is 0 Å². The number of amides is 1. The zero-order chi connectivity index (χ0) is 22.3. The molecule has 0 bridgehead atoms. The first kappa shape index (κ1) is 20.8. The van der Waals surface area contributed by atoms with Crippen LogP contribution in [0, 0.1) is 6.92 Å². The second-order valence-corrected chi connectivity index (χ2v) is 6.81. The molecule has 0 aliphatic rings. The second kappa shape index (κ2) is 9.57. The van der Waals surface area contributed by atoms with Crippen molar-refractivity contribution in [2.24, 2.45) is 0 Å². The molecule has 4 aromatic rings. The first-order valence-corrected chi connectivity index (χ1v) is 9.86. The number of rotatable bonds is 7. The van der Waals surface area contributed by atoms with Crippen molar-refractivity contribution in [1.82, 2.24) is 14.8 Å². The zero-order valence-electron chi connectivity index (χ0n) is 17.3. The lowest BCUT2D eigenvalue weighted by atomic mass is 10.2. The van der Waals surface area contributed by atoms with Gasteiger partial charge < -0.3 is 14.8 Å². The van der Waals surface area contributed by atoms with Gasteiger partial charge in [0.05, 0.1) is 11.9 Å². The highest BCUT2D eigenvalue weighted by Gasteiger charge is 2.18. The van der Waals surface area contributed by atoms with Crippen LogP contribution < -0.4 is 10.1 Å². The molecule has 0 fully saturated rings. The molecule has 0 unspecified atom stereocenters. The van der Waals surface area contributed by atoms with E-state index in [4.69, 9.17) is 9.47 Å². The highest BCUT2D eigenvalue weighted by atomic mass is 16.5. The number of hydrogen-bond donors (Lipinski definition) is 1. The molecule has 0 spiro atoms. The Kier molecular flexibility index (Phi) is 6.22. The van der Waals surface area contributed by atoms with E-state index in [9.17, 15) is 9.59 Å². The minimum Gasteiger partial charge on any atom is -0.457 e. The van der Waals surface area contributed by atoms with Gasteiger partial charge >= 0.3 is 5.97 Å². The number of pyridine rings is 1. The van der Waals surface area contributed by atoms with Gasteiger partial charge in [-0.05, 0) is 55.5 Å². The molecule has 160 valence electrons.